The van der Waals surface area contributed by atoms with Gasteiger partial charge in [-0.25, -0.2) is 4.90 Å². The highest BCUT2D eigenvalue weighted by atomic mass is 16.5. The predicted molar refractivity (Wildman–Crippen MR) is 67.7 cm³/mol. The molecular weight excluding hydrogens is 246 g/mol. The van der Waals surface area contributed by atoms with Crippen molar-refractivity contribution in [2.45, 2.75) is 6.42 Å². The van der Waals surface area contributed by atoms with Crippen LogP contribution in [-0.2, 0) is 16.0 Å². The highest BCUT2D eigenvalue weighted by Gasteiger charge is 2.30. The van der Waals surface area contributed by atoms with Crippen LogP contribution in [0.25, 0.3) is 0 Å². The zero-order valence-corrected chi connectivity index (χ0v) is 10.5. The molecule has 0 spiro atoms. The van der Waals surface area contributed by atoms with Gasteiger partial charge < -0.3 is 10.1 Å². The van der Waals surface area contributed by atoms with Gasteiger partial charge in [0.25, 0.3) is 5.91 Å². The largest absolute Gasteiger partial charge is 0.482 e. The molecule has 1 N–H and O–H groups in total. The Kier molecular flexibility index (Phi) is 3.78. The second kappa shape index (κ2) is 5.50. The van der Waals surface area contributed by atoms with E-state index in [-0.39, 0.29) is 6.61 Å². The summed E-state index contributed by atoms with van der Waals surface area (Å²) in [6, 6.07) is 6.76. The number of likely N-dealkylation sites (N-methyl/N-ethyl adjacent to an activating group) is 1. The van der Waals surface area contributed by atoms with Crippen molar-refractivity contribution in [2.75, 3.05) is 25.1 Å². The van der Waals surface area contributed by atoms with Crippen molar-refractivity contribution in [3.8, 4) is 11.8 Å². The Bertz CT molecular complexity index is 563. The second-order valence-corrected chi connectivity index (χ2v) is 4.09. The molecule has 98 valence electrons. The average Bonchev–Trinajstić information content (AvgIpc) is 2.44. The molecule has 1 heterocycles. The van der Waals surface area contributed by atoms with Gasteiger partial charge in [-0.2, -0.15) is 5.26 Å². The Hall–Kier alpha value is -2.39. The third-order valence-corrected chi connectivity index (χ3v) is 2.83. The van der Waals surface area contributed by atoms with E-state index in [1.807, 2.05) is 13.1 Å². The summed E-state index contributed by atoms with van der Waals surface area (Å²) in [6.07, 6.45) is 0.757. The number of nitrogens with zero attached hydrogens (tertiary/aromatic N) is 2. The Morgan fingerprint density at radius 3 is 3.05 bits per heavy atom. The molecule has 0 atom stereocenters. The first-order valence-corrected chi connectivity index (χ1v) is 5.84. The third kappa shape index (κ3) is 2.56. The number of nitrogens with one attached hydrogen (secondary N) is 1. The lowest BCUT2D eigenvalue weighted by molar-refractivity contribution is -0.126. The monoisotopic (exact) mass is 259 g/mol. The van der Waals surface area contributed by atoms with Gasteiger partial charge in [-0.15, -0.1) is 0 Å². The van der Waals surface area contributed by atoms with Crippen LogP contribution in [0.15, 0.2) is 18.2 Å². The normalized spacial score (nSPS) is 13.5. The molecule has 6 nitrogen and oxygen atoms in total. The van der Waals surface area contributed by atoms with E-state index >= 15 is 0 Å². The first kappa shape index (κ1) is 13.1. The lowest BCUT2D eigenvalue weighted by atomic mass is 10.1. The van der Waals surface area contributed by atoms with Gasteiger partial charge in [0.1, 0.15) is 5.75 Å². The summed E-state index contributed by atoms with van der Waals surface area (Å²) in [5, 5.41) is 11.7. The van der Waals surface area contributed by atoms with Crippen LogP contribution >= 0.6 is 0 Å². The molecule has 6 heteroatoms. The molecule has 0 unspecified atom stereocenters. The lowest BCUT2D eigenvalue weighted by Gasteiger charge is -2.26. The van der Waals surface area contributed by atoms with Crippen molar-refractivity contribution >= 4 is 17.5 Å². The Balaban J connectivity index is 2.38. The second-order valence-electron chi connectivity index (χ2n) is 4.09. The molecule has 1 aliphatic heterocycles. The van der Waals surface area contributed by atoms with E-state index in [0.29, 0.717) is 11.4 Å². The number of nitriles is 1. The smallest absolute Gasteiger partial charge is 0.336 e. The van der Waals surface area contributed by atoms with Crippen LogP contribution < -0.4 is 15.0 Å². The summed E-state index contributed by atoms with van der Waals surface area (Å²) in [4.78, 5) is 24.1. The number of rotatable bonds is 3. The van der Waals surface area contributed by atoms with E-state index in [9.17, 15) is 9.59 Å². The standard InChI is InChI=1S/C13H13N3O3/c1-15-5-4-9-2-3-11-10(6-9)16(12(17)7-14)13(18)8-19-11/h2-3,6,15H,4-5,8H2,1H3. The van der Waals surface area contributed by atoms with E-state index in [0.717, 1.165) is 23.4 Å². The third-order valence-electron chi connectivity index (χ3n) is 2.83. The van der Waals surface area contributed by atoms with Gasteiger partial charge in [-0.05, 0) is 37.7 Å². The number of imide groups is 1. The van der Waals surface area contributed by atoms with Gasteiger partial charge in [0.15, 0.2) is 12.7 Å². The summed E-state index contributed by atoms with van der Waals surface area (Å²) in [6.45, 7) is 0.552. The van der Waals surface area contributed by atoms with Crippen molar-refractivity contribution in [3.05, 3.63) is 23.8 Å². The van der Waals surface area contributed by atoms with Gasteiger partial charge in [0, 0.05) is 0 Å². The number of hydrogen-bond acceptors (Lipinski definition) is 5. The molecule has 1 aliphatic rings. The Morgan fingerprint density at radius 1 is 1.58 bits per heavy atom. The molecule has 19 heavy (non-hydrogen) atoms. The van der Waals surface area contributed by atoms with Gasteiger partial charge in [-0.3, -0.25) is 9.59 Å². The van der Waals surface area contributed by atoms with Gasteiger partial charge in [0.2, 0.25) is 0 Å². The molecule has 1 aromatic carbocycles. The number of carbonyl (C=O) groups excluding carboxylic acids is 2. The lowest BCUT2D eigenvalue weighted by Crippen LogP contribution is -2.42. The van der Waals surface area contributed by atoms with Crippen LogP contribution in [0, 0.1) is 11.3 Å². The van der Waals surface area contributed by atoms with E-state index in [1.54, 1.807) is 12.1 Å². The van der Waals surface area contributed by atoms with Gasteiger partial charge in [0.05, 0.1) is 5.69 Å². The van der Waals surface area contributed by atoms with Crippen molar-refractivity contribution < 1.29 is 14.3 Å². The van der Waals surface area contributed by atoms with E-state index in [4.69, 9.17) is 10.00 Å². The first-order valence-electron chi connectivity index (χ1n) is 5.84. The van der Waals surface area contributed by atoms with E-state index in [1.165, 1.54) is 6.07 Å². The SMILES string of the molecule is CNCCc1ccc2c(c1)N(C(=O)C#N)C(=O)CO2. The number of fused-ring (bicyclic) bond motifs is 1. The minimum absolute atomic E-state index is 0.226. The minimum atomic E-state index is -0.889. The number of ether oxygens (including phenoxy) is 1. The molecule has 0 saturated carbocycles. The summed E-state index contributed by atoms with van der Waals surface area (Å²) in [5.74, 6) is -0.971. The van der Waals surface area contributed by atoms with Crippen LogP contribution in [0.2, 0.25) is 0 Å². The fourth-order valence-corrected chi connectivity index (χ4v) is 1.90. The van der Waals surface area contributed by atoms with Crippen LogP contribution in [0.5, 0.6) is 5.75 Å². The highest BCUT2D eigenvalue weighted by molar-refractivity contribution is 6.22. The number of hydrogen-bond donors (Lipinski definition) is 1. The fourth-order valence-electron chi connectivity index (χ4n) is 1.90. The maximum atomic E-state index is 11.7. The fraction of sp³-hybridized carbons (Fsp3) is 0.308. The number of amides is 2. The summed E-state index contributed by atoms with van der Waals surface area (Å²) in [5.41, 5.74) is 1.30. The molecule has 2 rings (SSSR count). The van der Waals surface area contributed by atoms with Crippen molar-refractivity contribution in [3.63, 3.8) is 0 Å². The minimum Gasteiger partial charge on any atom is -0.482 e. The molecule has 0 fully saturated rings. The van der Waals surface area contributed by atoms with Crippen molar-refractivity contribution in [1.82, 2.24) is 5.32 Å². The maximum Gasteiger partial charge on any atom is 0.336 e. The number of anilines is 1. The maximum absolute atomic E-state index is 11.7. The van der Waals surface area contributed by atoms with Gasteiger partial charge in [-0.1, -0.05) is 6.07 Å². The molecule has 0 aliphatic carbocycles. The van der Waals surface area contributed by atoms with E-state index in [2.05, 4.69) is 5.32 Å². The molecule has 2 amide bonds. The summed E-state index contributed by atoms with van der Waals surface area (Å²) >= 11 is 0. The summed E-state index contributed by atoms with van der Waals surface area (Å²) in [7, 11) is 1.84. The zero-order valence-electron chi connectivity index (χ0n) is 10.5. The van der Waals surface area contributed by atoms with Crippen LogP contribution in [-0.4, -0.2) is 32.0 Å². The van der Waals surface area contributed by atoms with Crippen LogP contribution in [0.3, 0.4) is 0 Å². The molecule has 0 aromatic heterocycles. The van der Waals surface area contributed by atoms with Gasteiger partial charge >= 0.3 is 5.91 Å². The Labute approximate surface area is 110 Å². The molecule has 0 bridgehead atoms. The van der Waals surface area contributed by atoms with Crippen molar-refractivity contribution in [1.29, 1.82) is 5.26 Å². The number of benzene rings is 1. The zero-order chi connectivity index (χ0) is 13.8. The number of carbonyl (C=O) groups is 2. The molecule has 1 aromatic rings. The Morgan fingerprint density at radius 2 is 2.37 bits per heavy atom. The highest BCUT2D eigenvalue weighted by Crippen LogP contribution is 2.33. The predicted octanol–water partition coefficient (Wildman–Crippen LogP) is 0.224. The van der Waals surface area contributed by atoms with E-state index < -0.39 is 11.8 Å². The first-order chi connectivity index (χ1) is 9.17. The van der Waals surface area contributed by atoms with Crippen LogP contribution in [0.1, 0.15) is 5.56 Å². The summed E-state index contributed by atoms with van der Waals surface area (Å²) < 4.78 is 5.25. The van der Waals surface area contributed by atoms with Crippen molar-refractivity contribution in [2.24, 2.45) is 0 Å². The molecular formula is C13H13N3O3. The topological polar surface area (TPSA) is 82.4 Å². The van der Waals surface area contributed by atoms with Crippen LogP contribution in [0.4, 0.5) is 5.69 Å². The molecule has 0 saturated heterocycles. The average molecular weight is 259 g/mol. The molecule has 0 radical (unpaired) electrons. The quantitative estimate of drug-likeness (QED) is 0.785.